The molecule has 1 aliphatic carbocycles. The van der Waals surface area contributed by atoms with E-state index in [1.807, 2.05) is 0 Å². The first-order valence-corrected chi connectivity index (χ1v) is 8.21. The van der Waals surface area contributed by atoms with E-state index in [1.54, 1.807) is 16.8 Å². The monoisotopic (exact) mass is 315 g/mol. The largest absolute Gasteiger partial charge is 0.350 e. The third kappa shape index (κ3) is 3.28. The molecule has 0 atom stereocenters. The SMILES string of the molecule is CC(C)CNC(=O)c1nn(-c2ccc(F)cc2)c2c1CCCC2. The number of hydrogen-bond donors (Lipinski definition) is 1. The molecule has 0 fully saturated rings. The highest BCUT2D eigenvalue weighted by molar-refractivity contribution is 5.94. The minimum absolute atomic E-state index is 0.113. The molecule has 0 unspecified atom stereocenters. The molecule has 0 spiro atoms. The van der Waals surface area contributed by atoms with Crippen molar-refractivity contribution in [3.8, 4) is 5.69 Å². The lowest BCUT2D eigenvalue weighted by atomic mass is 9.95. The molecule has 0 radical (unpaired) electrons. The van der Waals surface area contributed by atoms with Gasteiger partial charge in [0.1, 0.15) is 5.82 Å². The quantitative estimate of drug-likeness (QED) is 0.941. The summed E-state index contributed by atoms with van der Waals surface area (Å²) in [5, 5.41) is 7.50. The van der Waals surface area contributed by atoms with Crippen molar-refractivity contribution >= 4 is 5.91 Å². The lowest BCUT2D eigenvalue weighted by Gasteiger charge is -2.14. The fourth-order valence-electron chi connectivity index (χ4n) is 2.96. The number of carbonyl (C=O) groups excluding carboxylic acids is 1. The topological polar surface area (TPSA) is 46.9 Å². The van der Waals surface area contributed by atoms with Crippen molar-refractivity contribution in [2.45, 2.75) is 39.5 Å². The van der Waals surface area contributed by atoms with E-state index >= 15 is 0 Å². The molecule has 0 aliphatic heterocycles. The summed E-state index contributed by atoms with van der Waals surface area (Å²) in [7, 11) is 0. The van der Waals surface area contributed by atoms with E-state index in [0.29, 0.717) is 18.2 Å². The summed E-state index contributed by atoms with van der Waals surface area (Å²) in [6.07, 6.45) is 3.94. The Hall–Kier alpha value is -2.17. The Morgan fingerprint density at radius 1 is 1.26 bits per heavy atom. The molecule has 0 bridgehead atoms. The molecular weight excluding hydrogens is 293 g/mol. The molecule has 1 aliphatic rings. The minimum atomic E-state index is -0.273. The highest BCUT2D eigenvalue weighted by Gasteiger charge is 2.25. The average Bonchev–Trinajstić information content (AvgIpc) is 2.93. The van der Waals surface area contributed by atoms with Gasteiger partial charge in [0.2, 0.25) is 0 Å². The van der Waals surface area contributed by atoms with Gasteiger partial charge in [0.25, 0.3) is 5.91 Å². The molecule has 1 aromatic heterocycles. The zero-order valence-corrected chi connectivity index (χ0v) is 13.6. The van der Waals surface area contributed by atoms with Crippen LogP contribution in [0.3, 0.4) is 0 Å². The van der Waals surface area contributed by atoms with E-state index in [1.165, 1.54) is 12.1 Å². The van der Waals surface area contributed by atoms with Gasteiger partial charge >= 0.3 is 0 Å². The van der Waals surface area contributed by atoms with Gasteiger partial charge < -0.3 is 5.32 Å². The van der Waals surface area contributed by atoms with Crippen molar-refractivity contribution in [3.63, 3.8) is 0 Å². The molecule has 0 saturated heterocycles. The number of aromatic nitrogens is 2. The first kappa shape index (κ1) is 15.7. The van der Waals surface area contributed by atoms with Crippen molar-refractivity contribution in [3.05, 3.63) is 47.0 Å². The molecule has 1 N–H and O–H groups in total. The van der Waals surface area contributed by atoms with Crippen molar-refractivity contribution in [2.24, 2.45) is 5.92 Å². The number of hydrogen-bond acceptors (Lipinski definition) is 2. The van der Waals surface area contributed by atoms with Crippen LogP contribution in [0.4, 0.5) is 4.39 Å². The molecule has 3 rings (SSSR count). The van der Waals surface area contributed by atoms with Crippen molar-refractivity contribution in [2.75, 3.05) is 6.54 Å². The first-order valence-electron chi connectivity index (χ1n) is 8.21. The third-order valence-electron chi connectivity index (χ3n) is 4.14. The number of amides is 1. The molecule has 4 nitrogen and oxygen atoms in total. The van der Waals surface area contributed by atoms with Gasteiger partial charge in [0.15, 0.2) is 5.69 Å². The minimum Gasteiger partial charge on any atom is -0.350 e. The fraction of sp³-hybridized carbons (Fsp3) is 0.444. The van der Waals surface area contributed by atoms with Gasteiger partial charge in [0, 0.05) is 17.8 Å². The van der Waals surface area contributed by atoms with Crippen molar-refractivity contribution in [1.82, 2.24) is 15.1 Å². The number of fused-ring (bicyclic) bond motifs is 1. The summed E-state index contributed by atoms with van der Waals surface area (Å²) in [5.41, 5.74) is 3.44. The predicted octanol–water partition coefficient (Wildman–Crippen LogP) is 3.28. The maximum atomic E-state index is 13.2. The normalized spacial score (nSPS) is 13.9. The second-order valence-corrected chi connectivity index (χ2v) is 6.47. The number of rotatable bonds is 4. The second-order valence-electron chi connectivity index (χ2n) is 6.47. The Morgan fingerprint density at radius 2 is 1.96 bits per heavy atom. The summed E-state index contributed by atoms with van der Waals surface area (Å²) in [4.78, 5) is 12.5. The van der Waals surface area contributed by atoms with Crippen LogP contribution < -0.4 is 5.32 Å². The summed E-state index contributed by atoms with van der Waals surface area (Å²) >= 11 is 0. The summed E-state index contributed by atoms with van der Waals surface area (Å²) in [6, 6.07) is 6.25. The molecule has 5 heteroatoms. The lowest BCUT2D eigenvalue weighted by Crippen LogP contribution is -2.28. The second kappa shape index (κ2) is 6.52. The van der Waals surface area contributed by atoms with Crippen LogP contribution in [0.1, 0.15) is 48.4 Å². The third-order valence-corrected chi connectivity index (χ3v) is 4.14. The molecule has 2 aromatic rings. The van der Waals surface area contributed by atoms with Crippen LogP contribution in [-0.4, -0.2) is 22.2 Å². The Labute approximate surface area is 135 Å². The van der Waals surface area contributed by atoms with Crippen molar-refractivity contribution in [1.29, 1.82) is 0 Å². The molecule has 23 heavy (non-hydrogen) atoms. The van der Waals surface area contributed by atoms with E-state index in [9.17, 15) is 9.18 Å². The van der Waals surface area contributed by atoms with Gasteiger partial charge in [-0.15, -0.1) is 0 Å². The Bertz CT molecular complexity index is 704. The van der Waals surface area contributed by atoms with Gasteiger partial charge in [-0.2, -0.15) is 5.10 Å². The van der Waals surface area contributed by atoms with E-state index in [0.717, 1.165) is 42.6 Å². The molecule has 1 amide bonds. The van der Waals surface area contributed by atoms with E-state index in [4.69, 9.17) is 0 Å². The van der Waals surface area contributed by atoms with Crippen LogP contribution in [-0.2, 0) is 12.8 Å². The molecule has 0 saturated carbocycles. The van der Waals surface area contributed by atoms with Crippen LogP contribution in [0.5, 0.6) is 0 Å². The summed E-state index contributed by atoms with van der Waals surface area (Å²) < 4.78 is 15.0. The summed E-state index contributed by atoms with van der Waals surface area (Å²) in [5.74, 6) is 0.0105. The number of carbonyl (C=O) groups is 1. The van der Waals surface area contributed by atoms with Crippen LogP contribution in [0.15, 0.2) is 24.3 Å². The van der Waals surface area contributed by atoms with Gasteiger partial charge in [-0.1, -0.05) is 13.8 Å². The number of nitrogens with zero attached hydrogens (tertiary/aromatic N) is 2. The summed E-state index contributed by atoms with van der Waals surface area (Å²) in [6.45, 7) is 4.76. The highest BCUT2D eigenvalue weighted by Crippen LogP contribution is 2.27. The van der Waals surface area contributed by atoms with Crippen LogP contribution in [0.2, 0.25) is 0 Å². The van der Waals surface area contributed by atoms with E-state index < -0.39 is 0 Å². The van der Waals surface area contributed by atoms with E-state index in [2.05, 4.69) is 24.3 Å². The maximum absolute atomic E-state index is 13.2. The van der Waals surface area contributed by atoms with E-state index in [-0.39, 0.29) is 11.7 Å². The predicted molar refractivity (Wildman–Crippen MR) is 87.3 cm³/mol. The molecule has 1 heterocycles. The average molecular weight is 315 g/mol. The van der Waals surface area contributed by atoms with Gasteiger partial charge in [-0.25, -0.2) is 9.07 Å². The van der Waals surface area contributed by atoms with Gasteiger partial charge in [-0.3, -0.25) is 4.79 Å². The Balaban J connectivity index is 1.98. The maximum Gasteiger partial charge on any atom is 0.272 e. The molecule has 122 valence electrons. The van der Waals surface area contributed by atoms with Crippen LogP contribution in [0, 0.1) is 11.7 Å². The lowest BCUT2D eigenvalue weighted by molar-refractivity contribution is 0.0942. The smallest absolute Gasteiger partial charge is 0.272 e. The zero-order valence-electron chi connectivity index (χ0n) is 13.6. The Kier molecular flexibility index (Phi) is 4.46. The standard InChI is InChI=1S/C18H22FN3O/c1-12(2)11-20-18(23)17-15-5-3-4-6-16(15)22(21-17)14-9-7-13(19)8-10-14/h7-10,12H,3-6,11H2,1-2H3,(H,20,23). The van der Waals surface area contributed by atoms with Gasteiger partial charge in [-0.05, 0) is 55.9 Å². The molecular formula is C18H22FN3O. The Morgan fingerprint density at radius 3 is 2.65 bits per heavy atom. The number of benzene rings is 1. The fourth-order valence-corrected chi connectivity index (χ4v) is 2.96. The van der Waals surface area contributed by atoms with Crippen molar-refractivity contribution < 1.29 is 9.18 Å². The number of halogens is 1. The highest BCUT2D eigenvalue weighted by atomic mass is 19.1. The van der Waals surface area contributed by atoms with Gasteiger partial charge in [0.05, 0.1) is 5.69 Å². The molecule has 1 aromatic carbocycles. The zero-order chi connectivity index (χ0) is 16.4. The van der Waals surface area contributed by atoms with Crippen LogP contribution in [0.25, 0.3) is 5.69 Å². The van der Waals surface area contributed by atoms with Crippen LogP contribution >= 0.6 is 0 Å². The number of nitrogens with one attached hydrogen (secondary N) is 1. The first-order chi connectivity index (χ1) is 11.1.